The van der Waals surface area contributed by atoms with Crippen molar-refractivity contribution in [2.75, 3.05) is 0 Å². The number of aromatic nitrogens is 2. The predicted molar refractivity (Wildman–Crippen MR) is 113 cm³/mol. The van der Waals surface area contributed by atoms with E-state index in [1.54, 1.807) is 11.6 Å². The molecule has 30 heavy (non-hydrogen) atoms. The summed E-state index contributed by atoms with van der Waals surface area (Å²) in [4.78, 5) is 12.2. The Balaban J connectivity index is 1.80. The maximum atomic E-state index is 12.4. The molecular formula is C19H18ClN5O4S. The minimum Gasteiger partial charge on any atom is -0.258 e. The lowest BCUT2D eigenvalue weighted by atomic mass is 10.2. The van der Waals surface area contributed by atoms with Gasteiger partial charge < -0.3 is 0 Å². The zero-order valence-corrected chi connectivity index (χ0v) is 17.7. The Kier molecular flexibility index (Phi) is 6.18. The molecule has 0 amide bonds. The van der Waals surface area contributed by atoms with Crippen LogP contribution < -0.4 is 4.83 Å². The molecule has 0 saturated heterocycles. The highest BCUT2D eigenvalue weighted by atomic mass is 35.5. The Morgan fingerprint density at radius 2 is 1.93 bits per heavy atom. The van der Waals surface area contributed by atoms with Crippen molar-refractivity contribution in [3.05, 3.63) is 86.2 Å². The van der Waals surface area contributed by atoms with Gasteiger partial charge in [-0.2, -0.15) is 18.6 Å². The Bertz CT molecular complexity index is 1220. The number of sulfonamides is 1. The van der Waals surface area contributed by atoms with Gasteiger partial charge in [0.1, 0.15) is 5.15 Å². The summed E-state index contributed by atoms with van der Waals surface area (Å²) >= 11 is 6.38. The molecular weight excluding hydrogens is 430 g/mol. The zero-order chi connectivity index (χ0) is 21.9. The van der Waals surface area contributed by atoms with E-state index >= 15 is 0 Å². The molecule has 0 aliphatic rings. The fourth-order valence-corrected chi connectivity index (χ4v) is 3.83. The van der Waals surface area contributed by atoms with Crippen molar-refractivity contribution in [2.45, 2.75) is 25.3 Å². The van der Waals surface area contributed by atoms with Crippen LogP contribution in [0, 0.1) is 24.0 Å². The SMILES string of the molecule is Cc1ccc(S(=O)(=O)N/N=C/c2c(C)nn(Cc3ccccc3)c2Cl)cc1[N+](=O)[O-]. The second-order valence-electron chi connectivity index (χ2n) is 6.49. The summed E-state index contributed by atoms with van der Waals surface area (Å²) < 4.78 is 26.4. The molecule has 9 nitrogen and oxygen atoms in total. The van der Waals surface area contributed by atoms with Gasteiger partial charge in [-0.1, -0.05) is 48.0 Å². The van der Waals surface area contributed by atoms with Gasteiger partial charge in [-0.25, -0.2) is 9.51 Å². The Morgan fingerprint density at radius 3 is 2.60 bits per heavy atom. The molecule has 1 heterocycles. The van der Waals surface area contributed by atoms with Crippen LogP contribution in [0.5, 0.6) is 0 Å². The van der Waals surface area contributed by atoms with Gasteiger partial charge in [0.15, 0.2) is 0 Å². The number of benzene rings is 2. The number of nitrogens with one attached hydrogen (secondary N) is 1. The normalized spacial score (nSPS) is 11.7. The van der Waals surface area contributed by atoms with Crippen LogP contribution in [0.2, 0.25) is 5.15 Å². The monoisotopic (exact) mass is 447 g/mol. The fourth-order valence-electron chi connectivity index (χ4n) is 2.74. The number of nitrogens with zero attached hydrogens (tertiary/aromatic N) is 4. The first-order valence-electron chi connectivity index (χ1n) is 8.76. The maximum absolute atomic E-state index is 12.4. The van der Waals surface area contributed by atoms with E-state index in [-0.39, 0.29) is 10.6 Å². The molecule has 0 bridgehead atoms. The maximum Gasteiger partial charge on any atom is 0.276 e. The second kappa shape index (κ2) is 8.64. The largest absolute Gasteiger partial charge is 0.276 e. The first-order chi connectivity index (χ1) is 14.2. The van der Waals surface area contributed by atoms with Crippen LogP contribution >= 0.6 is 11.6 Å². The number of hydrogen-bond acceptors (Lipinski definition) is 6. The third-order valence-corrected chi connectivity index (χ3v) is 5.96. The smallest absolute Gasteiger partial charge is 0.258 e. The highest BCUT2D eigenvalue weighted by Crippen LogP contribution is 2.22. The van der Waals surface area contributed by atoms with E-state index in [0.29, 0.717) is 28.5 Å². The van der Waals surface area contributed by atoms with E-state index in [9.17, 15) is 18.5 Å². The van der Waals surface area contributed by atoms with Crippen LogP contribution in [0.25, 0.3) is 0 Å². The molecule has 2 aromatic carbocycles. The molecule has 11 heteroatoms. The van der Waals surface area contributed by atoms with E-state index in [0.717, 1.165) is 11.6 Å². The van der Waals surface area contributed by atoms with Crippen LogP contribution in [-0.4, -0.2) is 29.3 Å². The van der Waals surface area contributed by atoms with Gasteiger partial charge in [-0.15, -0.1) is 0 Å². The quantitative estimate of drug-likeness (QED) is 0.338. The molecule has 0 saturated carbocycles. The first kappa shape index (κ1) is 21.5. The zero-order valence-electron chi connectivity index (χ0n) is 16.1. The first-order valence-corrected chi connectivity index (χ1v) is 10.6. The third kappa shape index (κ3) is 4.66. The molecule has 0 fully saturated rings. The highest BCUT2D eigenvalue weighted by molar-refractivity contribution is 7.89. The van der Waals surface area contributed by atoms with Crippen LogP contribution in [0.3, 0.4) is 0 Å². The number of halogens is 1. The van der Waals surface area contributed by atoms with Crippen molar-refractivity contribution in [3.63, 3.8) is 0 Å². The predicted octanol–water partition coefficient (Wildman–Crippen LogP) is 3.42. The summed E-state index contributed by atoms with van der Waals surface area (Å²) in [5, 5.41) is 19.5. The summed E-state index contributed by atoms with van der Waals surface area (Å²) in [5.41, 5.74) is 2.11. The second-order valence-corrected chi connectivity index (χ2v) is 8.51. The van der Waals surface area contributed by atoms with Crippen molar-refractivity contribution in [1.82, 2.24) is 14.6 Å². The molecule has 0 aliphatic heterocycles. The van der Waals surface area contributed by atoms with Gasteiger partial charge in [-0.3, -0.25) is 10.1 Å². The number of aryl methyl sites for hydroxylation is 2. The van der Waals surface area contributed by atoms with Gasteiger partial charge in [0, 0.05) is 11.6 Å². The van der Waals surface area contributed by atoms with Crippen LogP contribution in [0.4, 0.5) is 5.69 Å². The highest BCUT2D eigenvalue weighted by Gasteiger charge is 2.19. The molecule has 3 rings (SSSR count). The number of nitro benzene ring substituents is 1. The lowest BCUT2D eigenvalue weighted by Crippen LogP contribution is -2.18. The van der Waals surface area contributed by atoms with E-state index in [2.05, 4.69) is 10.2 Å². The van der Waals surface area contributed by atoms with E-state index in [1.807, 2.05) is 35.2 Å². The average Bonchev–Trinajstić information content (AvgIpc) is 2.96. The minimum absolute atomic E-state index is 0.264. The molecule has 3 aromatic rings. The fraction of sp³-hybridized carbons (Fsp3) is 0.158. The number of hydrogen-bond donors (Lipinski definition) is 1. The molecule has 0 aliphatic carbocycles. The number of nitro groups is 1. The van der Waals surface area contributed by atoms with Crippen LogP contribution in [0.15, 0.2) is 58.5 Å². The van der Waals surface area contributed by atoms with Crippen molar-refractivity contribution in [2.24, 2.45) is 5.10 Å². The van der Waals surface area contributed by atoms with Crippen molar-refractivity contribution >= 4 is 33.5 Å². The Morgan fingerprint density at radius 1 is 1.23 bits per heavy atom. The minimum atomic E-state index is -4.09. The van der Waals surface area contributed by atoms with Gasteiger partial charge in [0.05, 0.1) is 33.8 Å². The van der Waals surface area contributed by atoms with E-state index < -0.39 is 14.9 Å². The lowest BCUT2D eigenvalue weighted by Gasteiger charge is -2.05. The van der Waals surface area contributed by atoms with Gasteiger partial charge in [0.25, 0.3) is 15.7 Å². The average molecular weight is 448 g/mol. The van der Waals surface area contributed by atoms with Gasteiger partial charge in [0.2, 0.25) is 0 Å². The summed E-state index contributed by atoms with van der Waals surface area (Å²) in [6, 6.07) is 13.2. The summed E-state index contributed by atoms with van der Waals surface area (Å²) in [5.74, 6) is 0. The van der Waals surface area contributed by atoms with Gasteiger partial charge in [-0.05, 0) is 25.5 Å². The summed E-state index contributed by atoms with van der Waals surface area (Å²) in [6.07, 6.45) is 1.26. The number of rotatable bonds is 7. The molecule has 0 radical (unpaired) electrons. The molecule has 0 atom stereocenters. The summed E-state index contributed by atoms with van der Waals surface area (Å²) in [6.45, 7) is 3.71. The van der Waals surface area contributed by atoms with Gasteiger partial charge >= 0.3 is 0 Å². The summed E-state index contributed by atoms with van der Waals surface area (Å²) in [7, 11) is -4.09. The molecule has 0 unspecified atom stereocenters. The molecule has 1 aromatic heterocycles. The number of hydrazone groups is 1. The molecule has 1 N–H and O–H groups in total. The third-order valence-electron chi connectivity index (χ3n) is 4.34. The van der Waals surface area contributed by atoms with Crippen LogP contribution in [-0.2, 0) is 16.6 Å². The van der Waals surface area contributed by atoms with Crippen molar-refractivity contribution in [3.8, 4) is 0 Å². The lowest BCUT2D eigenvalue weighted by molar-refractivity contribution is -0.385. The Labute approximate surface area is 178 Å². The van der Waals surface area contributed by atoms with E-state index in [4.69, 9.17) is 11.6 Å². The van der Waals surface area contributed by atoms with Crippen molar-refractivity contribution in [1.29, 1.82) is 0 Å². The van der Waals surface area contributed by atoms with Crippen molar-refractivity contribution < 1.29 is 13.3 Å². The standard InChI is InChI=1S/C19H18ClN5O4S/c1-13-8-9-16(10-18(13)25(26)27)30(28,29)23-21-11-17-14(2)22-24(19(17)20)12-15-6-4-3-5-7-15/h3-11,23H,12H2,1-2H3/b21-11+. The van der Waals surface area contributed by atoms with E-state index in [1.165, 1.54) is 25.3 Å². The van der Waals surface area contributed by atoms with Crippen LogP contribution in [0.1, 0.15) is 22.4 Å². The molecule has 0 spiro atoms. The topological polar surface area (TPSA) is 119 Å². The Hall–Kier alpha value is -3.24. The molecule has 156 valence electrons.